The monoisotopic (exact) mass is 352 g/mol. The lowest BCUT2D eigenvalue weighted by molar-refractivity contribution is 1.02. The summed E-state index contributed by atoms with van der Waals surface area (Å²) in [5.74, 6) is 1.12. The molecule has 0 fully saturated rings. The van der Waals surface area contributed by atoms with Crippen LogP contribution in [0.15, 0.2) is 49.1 Å². The molecule has 0 aliphatic rings. The third kappa shape index (κ3) is 2.33. The summed E-state index contributed by atoms with van der Waals surface area (Å²) in [5.41, 5.74) is 4.03. The molecule has 5 aromatic rings. The van der Waals surface area contributed by atoms with Gasteiger partial charge in [0.25, 0.3) is 0 Å². The van der Waals surface area contributed by atoms with Crippen LogP contribution in [0.25, 0.3) is 39.4 Å². The van der Waals surface area contributed by atoms with Gasteiger partial charge in [-0.05, 0) is 31.2 Å². The number of nitrogens with zero attached hydrogens (tertiary/aromatic N) is 7. The summed E-state index contributed by atoms with van der Waals surface area (Å²) >= 11 is 0. The number of nitrogens with one attached hydrogen (secondary N) is 1. The topological polar surface area (TPSA) is 109 Å². The fraction of sp³-hybridized carbons (Fsp3) is 0.0526. The van der Waals surface area contributed by atoms with Crippen LogP contribution in [0.5, 0.6) is 0 Å². The van der Waals surface area contributed by atoms with E-state index in [4.69, 9.17) is 4.98 Å². The van der Waals surface area contributed by atoms with Crippen molar-refractivity contribution in [3.8, 4) is 23.4 Å². The molecule has 5 heterocycles. The molecule has 5 rings (SSSR count). The van der Waals surface area contributed by atoms with Gasteiger partial charge in [-0.25, -0.2) is 24.9 Å². The molecular weight excluding hydrogens is 340 g/mol. The third-order valence-corrected chi connectivity index (χ3v) is 4.33. The van der Waals surface area contributed by atoms with E-state index in [1.807, 2.05) is 48.0 Å². The maximum absolute atomic E-state index is 9.30. The van der Waals surface area contributed by atoms with Crippen molar-refractivity contribution in [1.29, 1.82) is 5.26 Å². The van der Waals surface area contributed by atoms with E-state index in [0.717, 1.165) is 16.6 Å². The Kier molecular flexibility index (Phi) is 3.20. The average molecular weight is 352 g/mol. The minimum atomic E-state index is 0.374. The minimum absolute atomic E-state index is 0.374. The molecule has 0 unspecified atom stereocenters. The maximum atomic E-state index is 9.30. The van der Waals surface area contributed by atoms with Crippen LogP contribution in [0.4, 0.5) is 0 Å². The third-order valence-electron chi connectivity index (χ3n) is 4.33. The summed E-state index contributed by atoms with van der Waals surface area (Å²) in [6, 6.07) is 11.5. The second-order valence-corrected chi connectivity index (χ2v) is 6.02. The van der Waals surface area contributed by atoms with Crippen molar-refractivity contribution in [2.24, 2.45) is 0 Å². The lowest BCUT2D eigenvalue weighted by Crippen LogP contribution is -2.02. The molecule has 128 valence electrons. The number of pyridine rings is 2. The zero-order valence-corrected chi connectivity index (χ0v) is 14.2. The number of aromatic nitrogens is 7. The van der Waals surface area contributed by atoms with Crippen molar-refractivity contribution < 1.29 is 0 Å². The summed E-state index contributed by atoms with van der Waals surface area (Å²) < 4.78 is 1.89. The largest absolute Gasteiger partial charge is 0.329 e. The van der Waals surface area contributed by atoms with Gasteiger partial charge in [0.15, 0.2) is 22.8 Å². The molecule has 8 heteroatoms. The molecule has 8 nitrogen and oxygen atoms in total. The quantitative estimate of drug-likeness (QED) is 0.523. The van der Waals surface area contributed by atoms with Gasteiger partial charge < -0.3 is 4.98 Å². The van der Waals surface area contributed by atoms with Gasteiger partial charge in [-0.1, -0.05) is 6.07 Å². The van der Waals surface area contributed by atoms with Gasteiger partial charge in [0.2, 0.25) is 0 Å². The van der Waals surface area contributed by atoms with E-state index in [-0.39, 0.29) is 0 Å². The van der Waals surface area contributed by atoms with Crippen LogP contribution in [0.3, 0.4) is 0 Å². The Hall–Kier alpha value is -4.12. The molecule has 0 radical (unpaired) electrons. The lowest BCUT2D eigenvalue weighted by atomic mass is 10.2. The van der Waals surface area contributed by atoms with Gasteiger partial charge in [-0.2, -0.15) is 5.26 Å². The molecule has 0 aliphatic heterocycles. The van der Waals surface area contributed by atoms with Gasteiger partial charge in [-0.3, -0.25) is 4.57 Å². The molecule has 0 bridgehead atoms. The number of hydrogen-bond acceptors (Lipinski definition) is 6. The Balaban J connectivity index is 1.81. The van der Waals surface area contributed by atoms with Crippen LogP contribution in [-0.4, -0.2) is 34.5 Å². The first-order valence-corrected chi connectivity index (χ1v) is 8.26. The van der Waals surface area contributed by atoms with Gasteiger partial charge in [0.1, 0.15) is 17.5 Å². The first-order chi connectivity index (χ1) is 13.2. The number of rotatable bonds is 2. The van der Waals surface area contributed by atoms with E-state index in [2.05, 4.69) is 31.0 Å². The average Bonchev–Trinajstić information content (AvgIpc) is 3.33. The van der Waals surface area contributed by atoms with Crippen LogP contribution in [0, 0.1) is 18.3 Å². The van der Waals surface area contributed by atoms with Crippen molar-refractivity contribution in [3.63, 3.8) is 0 Å². The molecule has 0 amide bonds. The van der Waals surface area contributed by atoms with E-state index < -0.39 is 0 Å². The second kappa shape index (κ2) is 5.71. The number of aromatic amines is 1. The number of H-pyrrole nitrogens is 1. The summed E-state index contributed by atoms with van der Waals surface area (Å²) in [7, 11) is 0. The number of fused-ring (bicyclic) bond motifs is 2. The van der Waals surface area contributed by atoms with Gasteiger partial charge >= 0.3 is 0 Å². The second-order valence-electron chi connectivity index (χ2n) is 6.02. The summed E-state index contributed by atoms with van der Waals surface area (Å²) in [6.45, 7) is 1.93. The van der Waals surface area contributed by atoms with Gasteiger partial charge in [-0.15, -0.1) is 0 Å². The van der Waals surface area contributed by atoms with Crippen molar-refractivity contribution in [2.75, 3.05) is 0 Å². The molecular formula is C19H12N8. The van der Waals surface area contributed by atoms with Crippen LogP contribution >= 0.6 is 0 Å². The number of aryl methyl sites for hydroxylation is 1. The van der Waals surface area contributed by atoms with Crippen molar-refractivity contribution in [1.82, 2.24) is 34.5 Å². The van der Waals surface area contributed by atoms with Crippen molar-refractivity contribution in [3.05, 3.63) is 60.4 Å². The van der Waals surface area contributed by atoms with Crippen LogP contribution in [0.2, 0.25) is 0 Å². The maximum Gasteiger partial charge on any atom is 0.182 e. The predicted octanol–water partition coefficient (Wildman–Crippen LogP) is 2.93. The molecule has 0 atom stereocenters. The van der Waals surface area contributed by atoms with Crippen molar-refractivity contribution in [2.45, 2.75) is 6.92 Å². The zero-order chi connectivity index (χ0) is 18.4. The zero-order valence-electron chi connectivity index (χ0n) is 14.2. The first kappa shape index (κ1) is 15.2. The summed E-state index contributed by atoms with van der Waals surface area (Å²) in [6.07, 6.45) is 5.06. The molecule has 27 heavy (non-hydrogen) atoms. The SMILES string of the molecule is Cc1cccc(-c2nc(-n3ccc4c(C#N)nccc43)c3nc[nH]c3n2)n1. The van der Waals surface area contributed by atoms with Gasteiger partial charge in [0.05, 0.1) is 11.8 Å². The summed E-state index contributed by atoms with van der Waals surface area (Å²) in [5, 5.41) is 10.1. The standard InChI is InChI=1S/C19H12N8/c1-11-3-2-4-13(24-11)17-25-18-16(22-10-23-18)19(26-17)27-8-6-12-14(9-20)21-7-5-15(12)27/h2-8,10H,1H3,(H,22,23,25,26). The fourth-order valence-electron chi connectivity index (χ4n) is 3.11. The smallest absolute Gasteiger partial charge is 0.182 e. The molecule has 0 aliphatic carbocycles. The first-order valence-electron chi connectivity index (χ1n) is 8.26. The van der Waals surface area contributed by atoms with Gasteiger partial charge in [0, 0.05) is 23.5 Å². The molecule has 0 saturated carbocycles. The predicted molar refractivity (Wildman–Crippen MR) is 99.0 cm³/mol. The number of imidazole rings is 1. The van der Waals surface area contributed by atoms with Crippen LogP contribution < -0.4 is 0 Å². The highest BCUT2D eigenvalue weighted by atomic mass is 15.1. The molecule has 1 N–H and O–H groups in total. The Labute approximate surface area is 153 Å². The normalized spacial score (nSPS) is 11.1. The van der Waals surface area contributed by atoms with Crippen LogP contribution in [-0.2, 0) is 0 Å². The van der Waals surface area contributed by atoms with Crippen molar-refractivity contribution >= 4 is 22.1 Å². The fourth-order valence-corrected chi connectivity index (χ4v) is 3.11. The Morgan fingerprint density at radius 3 is 2.85 bits per heavy atom. The highest BCUT2D eigenvalue weighted by molar-refractivity contribution is 5.89. The van der Waals surface area contributed by atoms with E-state index in [1.54, 1.807) is 12.5 Å². The van der Waals surface area contributed by atoms with E-state index >= 15 is 0 Å². The lowest BCUT2D eigenvalue weighted by Gasteiger charge is -2.08. The van der Waals surface area contributed by atoms with Crippen LogP contribution in [0.1, 0.15) is 11.4 Å². The van der Waals surface area contributed by atoms with E-state index in [9.17, 15) is 5.26 Å². The number of hydrogen-bond donors (Lipinski definition) is 1. The molecule has 0 saturated heterocycles. The van der Waals surface area contributed by atoms with E-state index in [0.29, 0.717) is 34.2 Å². The molecule has 0 aromatic carbocycles. The minimum Gasteiger partial charge on any atom is -0.329 e. The molecule has 0 spiro atoms. The Morgan fingerprint density at radius 1 is 1.07 bits per heavy atom. The summed E-state index contributed by atoms with van der Waals surface area (Å²) in [4.78, 5) is 25.4. The highest BCUT2D eigenvalue weighted by Gasteiger charge is 2.16. The number of nitriles is 1. The Morgan fingerprint density at radius 2 is 2.00 bits per heavy atom. The highest BCUT2D eigenvalue weighted by Crippen LogP contribution is 2.26. The Bertz CT molecular complexity index is 1360. The van der Waals surface area contributed by atoms with E-state index in [1.165, 1.54) is 0 Å². The molecule has 5 aromatic heterocycles.